The van der Waals surface area contributed by atoms with Crippen molar-refractivity contribution in [3.8, 4) is 0 Å². The molecule has 1 aromatic rings. The second kappa shape index (κ2) is 8.49. The first-order chi connectivity index (χ1) is 10.1. The number of benzene rings is 1. The lowest BCUT2D eigenvalue weighted by Crippen LogP contribution is -2.37. The minimum atomic E-state index is -0.562. The average Bonchev–Trinajstić information content (AvgIpc) is 2.97. The van der Waals surface area contributed by atoms with Crippen molar-refractivity contribution in [2.45, 2.75) is 44.2 Å². The average molecular weight is 377 g/mol. The Morgan fingerprint density at radius 1 is 1.29 bits per heavy atom. The highest BCUT2D eigenvalue weighted by Gasteiger charge is 2.23. The van der Waals surface area contributed by atoms with E-state index in [0.29, 0.717) is 24.0 Å². The molecule has 0 amide bonds. The molecule has 1 fully saturated rings. The van der Waals surface area contributed by atoms with Gasteiger partial charge in [0.05, 0.1) is 12.7 Å². The molecule has 3 nitrogen and oxygen atoms in total. The maximum absolute atomic E-state index is 10.4. The Kier molecular flexibility index (Phi) is 6.96. The largest absolute Gasteiger partial charge is 0.395 e. The summed E-state index contributed by atoms with van der Waals surface area (Å²) in [7, 11) is 0. The Morgan fingerprint density at radius 3 is 2.62 bits per heavy atom. The molecule has 0 heterocycles. The topological polar surface area (TPSA) is 43.7 Å². The molecular formula is C16H23BrClNO2. The van der Waals surface area contributed by atoms with E-state index in [4.69, 9.17) is 11.6 Å². The van der Waals surface area contributed by atoms with Gasteiger partial charge in [0.25, 0.3) is 0 Å². The third kappa shape index (κ3) is 4.93. The molecule has 1 atom stereocenters. The van der Waals surface area contributed by atoms with Crippen molar-refractivity contribution in [1.82, 2.24) is 4.90 Å². The zero-order valence-electron chi connectivity index (χ0n) is 12.1. The zero-order chi connectivity index (χ0) is 15.2. The Morgan fingerprint density at radius 2 is 2.00 bits per heavy atom. The van der Waals surface area contributed by atoms with Crippen LogP contribution in [0.4, 0.5) is 0 Å². The standard InChI is InChI=1S/C16H23BrClNO2/c17-12-5-6-14(15(18)11-12)16(21)7-8-19(9-10-20)13-3-1-2-4-13/h5-6,11,13,16,20-21H,1-4,7-10H2. The van der Waals surface area contributed by atoms with Gasteiger partial charge in [-0.2, -0.15) is 0 Å². The lowest BCUT2D eigenvalue weighted by atomic mass is 10.1. The quantitative estimate of drug-likeness (QED) is 0.761. The molecule has 0 saturated heterocycles. The van der Waals surface area contributed by atoms with Gasteiger partial charge in [0.15, 0.2) is 0 Å². The van der Waals surface area contributed by atoms with Crippen LogP contribution in [0.5, 0.6) is 0 Å². The summed E-state index contributed by atoms with van der Waals surface area (Å²) in [5.74, 6) is 0. The van der Waals surface area contributed by atoms with E-state index in [1.807, 2.05) is 18.2 Å². The van der Waals surface area contributed by atoms with Gasteiger partial charge in [-0.15, -0.1) is 0 Å². The molecule has 0 radical (unpaired) electrons. The van der Waals surface area contributed by atoms with E-state index in [9.17, 15) is 10.2 Å². The van der Waals surface area contributed by atoms with Gasteiger partial charge >= 0.3 is 0 Å². The van der Waals surface area contributed by atoms with Gasteiger partial charge in [0.1, 0.15) is 0 Å². The number of rotatable bonds is 7. The molecule has 1 unspecified atom stereocenters. The first kappa shape index (κ1) is 17.2. The van der Waals surface area contributed by atoms with Crippen LogP contribution >= 0.6 is 27.5 Å². The van der Waals surface area contributed by atoms with Gasteiger partial charge in [0, 0.05) is 28.6 Å². The van der Waals surface area contributed by atoms with Crippen LogP contribution in [0.3, 0.4) is 0 Å². The Bertz CT molecular complexity index is 452. The Hall–Kier alpha value is -0.130. The zero-order valence-corrected chi connectivity index (χ0v) is 14.5. The smallest absolute Gasteiger partial charge is 0.0816 e. The van der Waals surface area contributed by atoms with Crippen LogP contribution in [0, 0.1) is 0 Å². The predicted octanol–water partition coefficient (Wildman–Crippen LogP) is 3.76. The third-order valence-corrected chi connectivity index (χ3v) is 5.06. The van der Waals surface area contributed by atoms with Crippen molar-refractivity contribution in [3.63, 3.8) is 0 Å². The van der Waals surface area contributed by atoms with Crippen molar-refractivity contribution in [2.24, 2.45) is 0 Å². The normalized spacial score (nSPS) is 17.6. The van der Waals surface area contributed by atoms with Gasteiger partial charge in [-0.25, -0.2) is 0 Å². The minimum Gasteiger partial charge on any atom is -0.395 e. The first-order valence-corrected chi connectivity index (χ1v) is 8.77. The highest BCUT2D eigenvalue weighted by atomic mass is 79.9. The van der Waals surface area contributed by atoms with Gasteiger partial charge < -0.3 is 10.2 Å². The molecule has 0 bridgehead atoms. The molecule has 0 spiro atoms. The molecule has 5 heteroatoms. The van der Waals surface area contributed by atoms with E-state index in [2.05, 4.69) is 20.8 Å². The summed E-state index contributed by atoms with van der Waals surface area (Å²) in [4.78, 5) is 2.31. The van der Waals surface area contributed by atoms with E-state index < -0.39 is 6.10 Å². The van der Waals surface area contributed by atoms with E-state index >= 15 is 0 Å². The van der Waals surface area contributed by atoms with E-state index in [1.54, 1.807) is 0 Å². The van der Waals surface area contributed by atoms with E-state index in [0.717, 1.165) is 16.6 Å². The van der Waals surface area contributed by atoms with Crippen LogP contribution in [0.2, 0.25) is 5.02 Å². The second-order valence-electron chi connectivity index (χ2n) is 5.67. The highest BCUT2D eigenvalue weighted by molar-refractivity contribution is 9.10. The van der Waals surface area contributed by atoms with Crippen molar-refractivity contribution in [3.05, 3.63) is 33.3 Å². The number of aliphatic hydroxyl groups excluding tert-OH is 2. The van der Waals surface area contributed by atoms with Gasteiger partial charge in [-0.1, -0.05) is 46.4 Å². The molecule has 0 aliphatic heterocycles. The summed E-state index contributed by atoms with van der Waals surface area (Å²) in [6.45, 7) is 1.65. The summed E-state index contributed by atoms with van der Waals surface area (Å²) < 4.78 is 0.913. The fourth-order valence-electron chi connectivity index (χ4n) is 3.09. The molecule has 1 saturated carbocycles. The van der Waals surface area contributed by atoms with Crippen LogP contribution in [0.25, 0.3) is 0 Å². The fourth-order valence-corrected chi connectivity index (χ4v) is 3.89. The Labute approximate surface area is 140 Å². The van der Waals surface area contributed by atoms with Crippen LogP contribution in [0.1, 0.15) is 43.8 Å². The molecule has 21 heavy (non-hydrogen) atoms. The van der Waals surface area contributed by atoms with Crippen LogP contribution in [-0.2, 0) is 0 Å². The van der Waals surface area contributed by atoms with Crippen LogP contribution in [0.15, 0.2) is 22.7 Å². The predicted molar refractivity (Wildman–Crippen MR) is 89.6 cm³/mol. The molecule has 118 valence electrons. The number of halogens is 2. The molecular weight excluding hydrogens is 354 g/mol. The number of aliphatic hydroxyl groups is 2. The first-order valence-electron chi connectivity index (χ1n) is 7.59. The summed E-state index contributed by atoms with van der Waals surface area (Å²) in [5, 5.41) is 20.2. The Balaban J connectivity index is 1.92. The maximum Gasteiger partial charge on any atom is 0.0816 e. The van der Waals surface area contributed by atoms with E-state index in [-0.39, 0.29) is 6.61 Å². The summed E-state index contributed by atoms with van der Waals surface area (Å²) in [5.41, 5.74) is 0.773. The molecule has 1 aromatic carbocycles. The molecule has 1 aliphatic rings. The summed E-state index contributed by atoms with van der Waals surface area (Å²) >= 11 is 9.56. The lowest BCUT2D eigenvalue weighted by molar-refractivity contribution is 0.108. The van der Waals surface area contributed by atoms with Gasteiger partial charge in [-0.3, -0.25) is 4.90 Å². The number of nitrogens with zero attached hydrogens (tertiary/aromatic N) is 1. The molecule has 2 rings (SSSR count). The van der Waals surface area contributed by atoms with Crippen LogP contribution in [-0.4, -0.2) is 40.9 Å². The second-order valence-corrected chi connectivity index (χ2v) is 6.99. The summed E-state index contributed by atoms with van der Waals surface area (Å²) in [6, 6.07) is 6.13. The van der Waals surface area contributed by atoms with E-state index in [1.165, 1.54) is 25.7 Å². The molecule has 2 N–H and O–H groups in total. The highest BCUT2D eigenvalue weighted by Crippen LogP contribution is 2.29. The number of hydrogen-bond acceptors (Lipinski definition) is 3. The lowest BCUT2D eigenvalue weighted by Gasteiger charge is -2.29. The van der Waals surface area contributed by atoms with Crippen molar-refractivity contribution in [2.75, 3.05) is 19.7 Å². The van der Waals surface area contributed by atoms with Crippen LogP contribution < -0.4 is 0 Å². The maximum atomic E-state index is 10.4. The molecule has 1 aliphatic carbocycles. The van der Waals surface area contributed by atoms with Gasteiger partial charge in [-0.05, 0) is 37.0 Å². The SMILES string of the molecule is OCCN(CCC(O)c1ccc(Br)cc1Cl)C1CCCC1. The monoisotopic (exact) mass is 375 g/mol. The minimum absolute atomic E-state index is 0.172. The van der Waals surface area contributed by atoms with Crippen molar-refractivity contribution in [1.29, 1.82) is 0 Å². The number of hydrogen-bond donors (Lipinski definition) is 2. The van der Waals surface area contributed by atoms with Gasteiger partial charge in [0.2, 0.25) is 0 Å². The summed E-state index contributed by atoms with van der Waals surface area (Å²) in [6.07, 6.45) is 5.02. The van der Waals surface area contributed by atoms with Crippen molar-refractivity contribution >= 4 is 27.5 Å². The fraction of sp³-hybridized carbons (Fsp3) is 0.625. The molecule has 0 aromatic heterocycles. The third-order valence-electron chi connectivity index (χ3n) is 4.24. The van der Waals surface area contributed by atoms with Crippen molar-refractivity contribution < 1.29 is 10.2 Å².